The zero-order valence-corrected chi connectivity index (χ0v) is 18.0. The fourth-order valence-corrected chi connectivity index (χ4v) is 3.20. The van der Waals surface area contributed by atoms with Crippen LogP contribution in [0, 0.1) is 0 Å². The van der Waals surface area contributed by atoms with Gasteiger partial charge in [-0.2, -0.15) is 23.1 Å². The molecule has 0 aliphatic rings. The molecule has 0 aliphatic carbocycles. The molecule has 2 N–H and O–H groups in total. The maximum absolute atomic E-state index is 12.7. The van der Waals surface area contributed by atoms with Gasteiger partial charge in [0.2, 0.25) is 0 Å². The number of aliphatic hydroxyl groups is 1. The Morgan fingerprint density at radius 1 is 1.00 bits per heavy atom. The molecular weight excluding hydrogens is 447 g/mol. The fourth-order valence-electron chi connectivity index (χ4n) is 3.20. The summed E-state index contributed by atoms with van der Waals surface area (Å²) in [5.74, 6) is 0.675. The summed E-state index contributed by atoms with van der Waals surface area (Å²) in [5.41, 5.74) is 1.84. The molecule has 10 heteroatoms. The van der Waals surface area contributed by atoms with Crippen molar-refractivity contribution in [3.8, 4) is 22.7 Å². The van der Waals surface area contributed by atoms with E-state index in [2.05, 4.69) is 20.5 Å². The van der Waals surface area contributed by atoms with Gasteiger partial charge < -0.3 is 15.2 Å². The van der Waals surface area contributed by atoms with Crippen LogP contribution in [0.15, 0.2) is 79.3 Å². The average Bonchev–Trinajstić information content (AvgIpc) is 3.34. The number of hydrogen-bond donors (Lipinski definition) is 2. The van der Waals surface area contributed by atoms with E-state index in [1.165, 1.54) is 16.9 Å². The van der Waals surface area contributed by atoms with Crippen LogP contribution in [-0.2, 0) is 6.18 Å². The zero-order valence-electron chi connectivity index (χ0n) is 18.0. The van der Waals surface area contributed by atoms with Gasteiger partial charge in [0.1, 0.15) is 18.1 Å². The predicted octanol–water partition coefficient (Wildman–Crippen LogP) is 4.05. The number of ether oxygens (including phenoxy) is 1. The first kappa shape index (κ1) is 23.4. The summed E-state index contributed by atoms with van der Waals surface area (Å²) in [5, 5.41) is 21.7. The molecule has 34 heavy (non-hydrogen) atoms. The van der Waals surface area contributed by atoms with E-state index < -0.39 is 17.8 Å². The van der Waals surface area contributed by atoms with Crippen LogP contribution in [0.3, 0.4) is 0 Å². The van der Waals surface area contributed by atoms with Crippen molar-refractivity contribution < 1.29 is 23.0 Å². The van der Waals surface area contributed by atoms with Crippen molar-refractivity contribution in [2.45, 2.75) is 12.3 Å². The van der Waals surface area contributed by atoms with Gasteiger partial charge in [0, 0.05) is 36.6 Å². The highest BCUT2D eigenvalue weighted by molar-refractivity contribution is 5.59. The average molecular weight is 469 g/mol. The topological polar surface area (TPSA) is 85.1 Å². The lowest BCUT2D eigenvalue weighted by Crippen LogP contribution is -2.26. The van der Waals surface area contributed by atoms with E-state index in [0.717, 1.165) is 23.3 Å². The second-order valence-electron chi connectivity index (χ2n) is 7.44. The Morgan fingerprint density at radius 3 is 2.44 bits per heavy atom. The maximum Gasteiger partial charge on any atom is 0.416 e. The molecule has 4 rings (SSSR count). The molecule has 0 amide bonds. The summed E-state index contributed by atoms with van der Waals surface area (Å²) in [6.07, 6.45) is -0.187. The Labute approximate surface area is 193 Å². The maximum atomic E-state index is 12.7. The van der Waals surface area contributed by atoms with E-state index in [0.29, 0.717) is 36.8 Å². The summed E-state index contributed by atoms with van der Waals surface area (Å²) in [4.78, 5) is 5.27. The van der Waals surface area contributed by atoms with Gasteiger partial charge >= 0.3 is 6.18 Å². The normalized spacial score (nSPS) is 12.5. The Bertz CT molecular complexity index is 1180. The molecule has 0 spiro atoms. The highest BCUT2D eigenvalue weighted by atomic mass is 19.4. The lowest BCUT2D eigenvalue weighted by Gasteiger charge is -2.12. The molecule has 0 aliphatic heterocycles. The molecule has 0 bridgehead atoms. The van der Waals surface area contributed by atoms with Crippen LogP contribution in [0.25, 0.3) is 16.9 Å². The third-order valence-electron chi connectivity index (χ3n) is 5.02. The molecule has 0 fully saturated rings. The standard InChI is InChI=1S/C24H22F3N5O2/c25-24(26,27)19-5-7-20(8-6-19)32-30-15-22(31-32)17-3-9-21(10-4-17)34-13-12-29-16-23(33)18-2-1-11-28-14-18/h1-11,14-15,23,29,33H,12-13,16H2/t23-/m0/s1. The van der Waals surface area contributed by atoms with Crippen molar-refractivity contribution in [3.63, 3.8) is 0 Å². The van der Waals surface area contributed by atoms with Crippen LogP contribution in [-0.4, -0.2) is 44.8 Å². The SMILES string of the molecule is O[C@@H](CNCCOc1ccc(-c2cnn(-c3ccc(C(F)(F)F)cc3)n2)cc1)c1cccnc1. The largest absolute Gasteiger partial charge is 0.492 e. The summed E-state index contributed by atoms with van der Waals surface area (Å²) >= 11 is 0. The quantitative estimate of drug-likeness (QED) is 0.360. The van der Waals surface area contributed by atoms with Crippen molar-refractivity contribution >= 4 is 0 Å². The van der Waals surface area contributed by atoms with Crippen molar-refractivity contribution in [2.24, 2.45) is 0 Å². The number of rotatable bonds is 9. The minimum absolute atomic E-state index is 0.391. The highest BCUT2D eigenvalue weighted by Gasteiger charge is 2.30. The lowest BCUT2D eigenvalue weighted by atomic mass is 10.1. The minimum Gasteiger partial charge on any atom is -0.492 e. The van der Waals surface area contributed by atoms with Crippen LogP contribution in [0.4, 0.5) is 13.2 Å². The third kappa shape index (κ3) is 5.97. The smallest absolute Gasteiger partial charge is 0.416 e. The Hall–Kier alpha value is -3.76. The number of aliphatic hydroxyl groups excluding tert-OH is 1. The van der Waals surface area contributed by atoms with E-state index in [4.69, 9.17) is 4.74 Å². The number of hydrogen-bond acceptors (Lipinski definition) is 6. The van der Waals surface area contributed by atoms with Crippen molar-refractivity contribution in [1.29, 1.82) is 0 Å². The van der Waals surface area contributed by atoms with Gasteiger partial charge in [-0.25, -0.2) is 0 Å². The second-order valence-corrected chi connectivity index (χ2v) is 7.44. The van der Waals surface area contributed by atoms with Crippen LogP contribution in [0.2, 0.25) is 0 Å². The van der Waals surface area contributed by atoms with Gasteiger partial charge in [-0.3, -0.25) is 4.98 Å². The first-order valence-electron chi connectivity index (χ1n) is 10.5. The molecule has 2 aromatic heterocycles. The second kappa shape index (κ2) is 10.4. The minimum atomic E-state index is -4.39. The molecular formula is C24H22F3N5O2. The van der Waals surface area contributed by atoms with E-state index in [9.17, 15) is 18.3 Å². The summed E-state index contributed by atoms with van der Waals surface area (Å²) in [6, 6.07) is 15.5. The number of pyridine rings is 1. The van der Waals surface area contributed by atoms with Crippen molar-refractivity contribution in [2.75, 3.05) is 19.7 Å². The van der Waals surface area contributed by atoms with Crippen molar-refractivity contribution in [1.82, 2.24) is 25.3 Å². The summed E-state index contributed by atoms with van der Waals surface area (Å²) in [6.45, 7) is 1.37. The van der Waals surface area contributed by atoms with E-state index in [1.807, 2.05) is 18.2 Å². The number of nitrogens with one attached hydrogen (secondary N) is 1. The molecule has 0 saturated heterocycles. The molecule has 2 heterocycles. The predicted molar refractivity (Wildman–Crippen MR) is 119 cm³/mol. The van der Waals surface area contributed by atoms with Gasteiger partial charge in [-0.05, 0) is 54.6 Å². The number of nitrogens with zero attached hydrogens (tertiary/aromatic N) is 4. The molecule has 7 nitrogen and oxygen atoms in total. The molecule has 176 valence electrons. The monoisotopic (exact) mass is 469 g/mol. The van der Waals surface area contributed by atoms with E-state index in [1.54, 1.807) is 36.8 Å². The number of benzene rings is 2. The summed E-state index contributed by atoms with van der Waals surface area (Å²) in [7, 11) is 0. The van der Waals surface area contributed by atoms with Gasteiger partial charge in [0.15, 0.2) is 0 Å². The molecule has 0 unspecified atom stereocenters. The van der Waals surface area contributed by atoms with Crippen LogP contribution >= 0.6 is 0 Å². The van der Waals surface area contributed by atoms with Crippen LogP contribution in [0.5, 0.6) is 5.75 Å². The Balaban J connectivity index is 1.26. The molecule has 1 atom stereocenters. The zero-order chi connectivity index (χ0) is 24.0. The Kier molecular flexibility index (Phi) is 7.19. The van der Waals surface area contributed by atoms with Crippen LogP contribution in [0.1, 0.15) is 17.2 Å². The van der Waals surface area contributed by atoms with Crippen molar-refractivity contribution in [3.05, 3.63) is 90.4 Å². The lowest BCUT2D eigenvalue weighted by molar-refractivity contribution is -0.137. The number of aromatic nitrogens is 4. The van der Waals surface area contributed by atoms with Gasteiger partial charge in [-0.1, -0.05) is 6.07 Å². The van der Waals surface area contributed by atoms with Gasteiger partial charge in [0.05, 0.1) is 23.6 Å². The number of halogens is 3. The molecule has 2 aromatic carbocycles. The molecule has 0 saturated carbocycles. The number of alkyl halides is 3. The summed E-state index contributed by atoms with van der Waals surface area (Å²) < 4.78 is 43.9. The Morgan fingerprint density at radius 2 is 1.76 bits per heavy atom. The van der Waals surface area contributed by atoms with Gasteiger partial charge in [-0.15, -0.1) is 5.10 Å². The van der Waals surface area contributed by atoms with E-state index in [-0.39, 0.29) is 0 Å². The fraction of sp³-hybridized carbons (Fsp3) is 0.208. The molecule has 0 radical (unpaired) electrons. The van der Waals surface area contributed by atoms with Gasteiger partial charge in [0.25, 0.3) is 0 Å². The van der Waals surface area contributed by atoms with E-state index >= 15 is 0 Å². The first-order valence-corrected chi connectivity index (χ1v) is 10.5. The third-order valence-corrected chi connectivity index (χ3v) is 5.02. The highest BCUT2D eigenvalue weighted by Crippen LogP contribution is 2.29. The van der Waals surface area contributed by atoms with Crippen LogP contribution < -0.4 is 10.1 Å². The first-order chi connectivity index (χ1) is 16.4. The molecule has 4 aromatic rings.